The second-order valence-corrected chi connectivity index (χ2v) is 7.64. The zero-order valence-corrected chi connectivity index (χ0v) is 17.1. The highest BCUT2D eigenvalue weighted by Gasteiger charge is 2.10. The molecule has 1 heterocycles. The number of benzene rings is 3. The SMILES string of the molecule is COc1cccc(C(=O)NC(=S)Nc2ccc(-c3nc4ccccc4s3)cc2)c1. The summed E-state index contributed by atoms with van der Waals surface area (Å²) in [6, 6.07) is 22.7. The van der Waals surface area contributed by atoms with Crippen molar-refractivity contribution in [3.8, 4) is 16.3 Å². The molecular weight excluding hydrogens is 402 g/mol. The highest BCUT2D eigenvalue weighted by molar-refractivity contribution is 7.80. The Morgan fingerprint density at radius 3 is 2.59 bits per heavy atom. The summed E-state index contributed by atoms with van der Waals surface area (Å²) in [5.74, 6) is 0.314. The van der Waals surface area contributed by atoms with Crippen LogP contribution in [0.3, 0.4) is 0 Å². The molecule has 0 aliphatic carbocycles. The van der Waals surface area contributed by atoms with Gasteiger partial charge in [-0.2, -0.15) is 0 Å². The summed E-state index contributed by atoms with van der Waals surface area (Å²) in [7, 11) is 1.56. The molecule has 0 unspecified atom stereocenters. The Morgan fingerprint density at radius 1 is 1.03 bits per heavy atom. The Bertz CT molecular complexity index is 1150. The Kier molecular flexibility index (Phi) is 5.50. The smallest absolute Gasteiger partial charge is 0.257 e. The third kappa shape index (κ3) is 4.42. The molecule has 0 aliphatic heterocycles. The number of nitrogens with zero attached hydrogens (tertiary/aromatic N) is 1. The zero-order chi connectivity index (χ0) is 20.2. The van der Waals surface area contributed by atoms with E-state index in [2.05, 4.69) is 21.7 Å². The third-order valence-electron chi connectivity index (χ3n) is 4.24. The molecular formula is C22H17N3O2S2. The number of anilines is 1. The number of nitrogens with one attached hydrogen (secondary N) is 2. The van der Waals surface area contributed by atoms with Gasteiger partial charge in [0.05, 0.1) is 17.3 Å². The number of hydrogen-bond donors (Lipinski definition) is 2. The second kappa shape index (κ2) is 8.38. The summed E-state index contributed by atoms with van der Waals surface area (Å²) in [5.41, 5.74) is 3.28. The van der Waals surface area contributed by atoms with Gasteiger partial charge in [0.15, 0.2) is 5.11 Å². The van der Waals surface area contributed by atoms with Crippen molar-refractivity contribution in [1.29, 1.82) is 0 Å². The summed E-state index contributed by atoms with van der Waals surface area (Å²) >= 11 is 6.91. The van der Waals surface area contributed by atoms with Crippen LogP contribution < -0.4 is 15.4 Å². The summed E-state index contributed by atoms with van der Waals surface area (Å²) in [6.45, 7) is 0. The molecule has 0 radical (unpaired) electrons. The van der Waals surface area contributed by atoms with Crippen LogP contribution in [-0.2, 0) is 0 Å². The van der Waals surface area contributed by atoms with Crippen molar-refractivity contribution in [3.63, 3.8) is 0 Å². The molecule has 0 spiro atoms. The molecule has 144 valence electrons. The maximum atomic E-state index is 12.3. The molecule has 0 aliphatic rings. The maximum absolute atomic E-state index is 12.3. The van der Waals surface area contributed by atoms with Gasteiger partial charge in [0.1, 0.15) is 10.8 Å². The van der Waals surface area contributed by atoms with E-state index in [9.17, 15) is 4.79 Å². The maximum Gasteiger partial charge on any atom is 0.257 e. The second-order valence-electron chi connectivity index (χ2n) is 6.20. The summed E-state index contributed by atoms with van der Waals surface area (Å²) in [4.78, 5) is 17.0. The van der Waals surface area contributed by atoms with Gasteiger partial charge in [-0.3, -0.25) is 10.1 Å². The first-order valence-corrected chi connectivity index (χ1v) is 10.1. The predicted octanol–water partition coefficient (Wildman–Crippen LogP) is 5.10. The number of para-hydroxylation sites is 1. The van der Waals surface area contributed by atoms with Gasteiger partial charge in [0, 0.05) is 16.8 Å². The third-order valence-corrected chi connectivity index (χ3v) is 5.53. The largest absolute Gasteiger partial charge is 0.497 e. The van der Waals surface area contributed by atoms with Gasteiger partial charge in [-0.1, -0.05) is 18.2 Å². The first-order valence-electron chi connectivity index (χ1n) is 8.85. The van der Waals surface area contributed by atoms with E-state index in [4.69, 9.17) is 17.0 Å². The van der Waals surface area contributed by atoms with Crippen LogP contribution in [0.2, 0.25) is 0 Å². The van der Waals surface area contributed by atoms with E-state index in [-0.39, 0.29) is 11.0 Å². The van der Waals surface area contributed by atoms with Gasteiger partial charge in [-0.25, -0.2) is 4.98 Å². The fourth-order valence-electron chi connectivity index (χ4n) is 2.79. The Hall–Kier alpha value is -3.29. The zero-order valence-electron chi connectivity index (χ0n) is 15.5. The molecule has 1 amide bonds. The van der Waals surface area contributed by atoms with Crippen LogP contribution in [0, 0.1) is 0 Å². The van der Waals surface area contributed by atoms with Crippen LogP contribution in [0.15, 0.2) is 72.8 Å². The standard InChI is InChI=1S/C22H17N3O2S2/c1-27-17-6-4-5-15(13-17)20(26)25-22(28)23-16-11-9-14(10-12-16)21-24-18-7-2-3-8-19(18)29-21/h2-13H,1H3,(H2,23,25,26,28). The van der Waals surface area contributed by atoms with E-state index in [0.717, 1.165) is 26.5 Å². The first kappa shape index (κ1) is 19.0. The predicted molar refractivity (Wildman–Crippen MR) is 122 cm³/mol. The van der Waals surface area contributed by atoms with E-state index >= 15 is 0 Å². The van der Waals surface area contributed by atoms with E-state index in [1.165, 1.54) is 0 Å². The number of hydrogen-bond acceptors (Lipinski definition) is 5. The number of methoxy groups -OCH3 is 1. The van der Waals surface area contributed by atoms with Crippen molar-refractivity contribution in [2.45, 2.75) is 0 Å². The van der Waals surface area contributed by atoms with Gasteiger partial charge in [-0.15, -0.1) is 11.3 Å². The van der Waals surface area contributed by atoms with E-state index in [1.54, 1.807) is 42.7 Å². The molecule has 0 bridgehead atoms. The molecule has 2 N–H and O–H groups in total. The lowest BCUT2D eigenvalue weighted by molar-refractivity contribution is 0.0977. The highest BCUT2D eigenvalue weighted by atomic mass is 32.1. The molecule has 0 fully saturated rings. The van der Waals surface area contributed by atoms with Crippen molar-refractivity contribution in [3.05, 3.63) is 78.4 Å². The van der Waals surface area contributed by atoms with Crippen molar-refractivity contribution in [2.24, 2.45) is 0 Å². The van der Waals surface area contributed by atoms with E-state index in [1.807, 2.05) is 42.5 Å². The minimum atomic E-state index is -0.299. The van der Waals surface area contributed by atoms with Gasteiger partial charge in [0.2, 0.25) is 0 Å². The van der Waals surface area contributed by atoms with E-state index < -0.39 is 0 Å². The minimum Gasteiger partial charge on any atom is -0.497 e. The Balaban J connectivity index is 1.41. The van der Waals surface area contributed by atoms with Gasteiger partial charge < -0.3 is 10.1 Å². The highest BCUT2D eigenvalue weighted by Crippen LogP contribution is 2.30. The average Bonchev–Trinajstić information content (AvgIpc) is 3.18. The van der Waals surface area contributed by atoms with Crippen LogP contribution >= 0.6 is 23.6 Å². The van der Waals surface area contributed by atoms with Gasteiger partial charge in [-0.05, 0) is 66.8 Å². The number of fused-ring (bicyclic) bond motifs is 1. The Morgan fingerprint density at radius 2 is 1.83 bits per heavy atom. The van der Waals surface area contributed by atoms with Crippen LogP contribution in [0.5, 0.6) is 5.75 Å². The molecule has 0 saturated carbocycles. The molecule has 29 heavy (non-hydrogen) atoms. The number of aromatic nitrogens is 1. The number of carbonyl (C=O) groups is 1. The van der Waals surface area contributed by atoms with Crippen molar-refractivity contribution >= 4 is 50.5 Å². The number of thiazole rings is 1. The number of carbonyl (C=O) groups excluding carboxylic acids is 1. The van der Waals surface area contributed by atoms with Gasteiger partial charge in [0.25, 0.3) is 5.91 Å². The Labute approximate surface area is 177 Å². The van der Waals surface area contributed by atoms with Crippen molar-refractivity contribution in [2.75, 3.05) is 12.4 Å². The minimum absolute atomic E-state index is 0.227. The molecule has 4 rings (SSSR count). The normalized spacial score (nSPS) is 10.5. The molecule has 0 atom stereocenters. The topological polar surface area (TPSA) is 63.2 Å². The molecule has 4 aromatic rings. The summed E-state index contributed by atoms with van der Waals surface area (Å²) in [5, 5.41) is 6.90. The van der Waals surface area contributed by atoms with Crippen molar-refractivity contribution in [1.82, 2.24) is 10.3 Å². The number of ether oxygens (including phenoxy) is 1. The van der Waals surface area contributed by atoms with Crippen LogP contribution in [0.4, 0.5) is 5.69 Å². The van der Waals surface area contributed by atoms with Gasteiger partial charge >= 0.3 is 0 Å². The van der Waals surface area contributed by atoms with Crippen LogP contribution in [0.1, 0.15) is 10.4 Å². The van der Waals surface area contributed by atoms with Crippen molar-refractivity contribution < 1.29 is 9.53 Å². The lowest BCUT2D eigenvalue weighted by Crippen LogP contribution is -2.34. The molecule has 1 aromatic heterocycles. The van der Waals surface area contributed by atoms with Crippen LogP contribution in [-0.4, -0.2) is 23.1 Å². The fourth-order valence-corrected chi connectivity index (χ4v) is 3.98. The number of rotatable bonds is 4. The average molecular weight is 420 g/mol. The lowest BCUT2D eigenvalue weighted by Gasteiger charge is -2.10. The number of amides is 1. The first-order chi connectivity index (χ1) is 14.1. The monoisotopic (exact) mass is 419 g/mol. The molecule has 0 saturated heterocycles. The molecule has 5 nitrogen and oxygen atoms in total. The lowest BCUT2D eigenvalue weighted by atomic mass is 10.2. The van der Waals surface area contributed by atoms with E-state index in [0.29, 0.717) is 11.3 Å². The fraction of sp³-hybridized carbons (Fsp3) is 0.0455. The molecule has 7 heteroatoms. The summed E-state index contributed by atoms with van der Waals surface area (Å²) in [6.07, 6.45) is 0. The summed E-state index contributed by atoms with van der Waals surface area (Å²) < 4.78 is 6.30. The number of thiocarbonyl (C=S) groups is 1. The van der Waals surface area contributed by atoms with Crippen LogP contribution in [0.25, 0.3) is 20.8 Å². The molecule has 3 aromatic carbocycles. The quantitative estimate of drug-likeness (QED) is 0.451.